The van der Waals surface area contributed by atoms with E-state index in [2.05, 4.69) is 15.9 Å². The molecule has 0 aliphatic carbocycles. The first-order chi connectivity index (χ1) is 8.79. The second-order valence-corrected chi connectivity index (χ2v) is 5.58. The molecule has 1 heterocycles. The lowest BCUT2D eigenvalue weighted by Gasteiger charge is -2.33. The molecule has 1 aliphatic heterocycles. The zero-order valence-electron chi connectivity index (χ0n) is 10.3. The van der Waals surface area contributed by atoms with Gasteiger partial charge < -0.3 is 4.90 Å². The third kappa shape index (κ3) is 3.11. The van der Waals surface area contributed by atoms with E-state index in [4.69, 9.17) is 0 Å². The molecule has 0 saturated carbocycles. The maximum Gasteiger partial charge on any atom is 0.416 e. The molecule has 1 saturated heterocycles. The summed E-state index contributed by atoms with van der Waals surface area (Å²) in [5, 5.41) is 0. The Kier molecular flexibility index (Phi) is 3.90. The van der Waals surface area contributed by atoms with Gasteiger partial charge in [-0.05, 0) is 34.1 Å². The molecule has 1 aromatic rings. The van der Waals surface area contributed by atoms with Crippen molar-refractivity contribution in [2.45, 2.75) is 19.5 Å². The standard InChI is InChI=1S/C13H13BrF3NO/c1-8-7-18(5-4-12(8)19)11-6-9(13(15,16)17)2-3-10(11)14/h2-3,6,8H,4-5,7H2,1H3. The average Bonchev–Trinajstić information content (AvgIpc) is 2.32. The Morgan fingerprint density at radius 1 is 1.37 bits per heavy atom. The summed E-state index contributed by atoms with van der Waals surface area (Å²) in [5.74, 6) is 0.0227. The van der Waals surface area contributed by atoms with Crippen LogP contribution in [0.2, 0.25) is 0 Å². The van der Waals surface area contributed by atoms with E-state index in [0.29, 0.717) is 29.7 Å². The fourth-order valence-electron chi connectivity index (χ4n) is 2.17. The van der Waals surface area contributed by atoms with Gasteiger partial charge in [-0.2, -0.15) is 13.2 Å². The molecule has 1 aromatic carbocycles. The first kappa shape index (κ1) is 14.4. The lowest BCUT2D eigenvalue weighted by molar-refractivity contribution is -0.137. The molecule has 1 unspecified atom stereocenters. The third-order valence-corrected chi connectivity index (χ3v) is 3.96. The number of Topliss-reactive ketones (excluding diaryl/α,β-unsaturated/α-hetero) is 1. The molecule has 104 valence electrons. The van der Waals surface area contributed by atoms with Crippen LogP contribution in [0.15, 0.2) is 22.7 Å². The molecule has 0 N–H and O–H groups in total. The van der Waals surface area contributed by atoms with Crippen molar-refractivity contribution >= 4 is 27.4 Å². The highest BCUT2D eigenvalue weighted by atomic mass is 79.9. The number of rotatable bonds is 1. The summed E-state index contributed by atoms with van der Waals surface area (Å²) < 4.78 is 38.8. The van der Waals surface area contributed by atoms with Crippen LogP contribution in [0.3, 0.4) is 0 Å². The highest BCUT2D eigenvalue weighted by molar-refractivity contribution is 9.10. The number of ketones is 1. The molecule has 0 radical (unpaired) electrons. The van der Waals surface area contributed by atoms with Crippen molar-refractivity contribution in [3.8, 4) is 0 Å². The van der Waals surface area contributed by atoms with Gasteiger partial charge >= 0.3 is 6.18 Å². The molecular weight excluding hydrogens is 323 g/mol. The lowest BCUT2D eigenvalue weighted by Crippen LogP contribution is -2.39. The van der Waals surface area contributed by atoms with E-state index < -0.39 is 11.7 Å². The van der Waals surface area contributed by atoms with Crippen LogP contribution in [-0.4, -0.2) is 18.9 Å². The van der Waals surface area contributed by atoms with E-state index in [0.717, 1.165) is 12.1 Å². The number of hydrogen-bond acceptors (Lipinski definition) is 2. The number of halogens is 4. The Hall–Kier alpha value is -1.04. The summed E-state index contributed by atoms with van der Waals surface area (Å²) in [4.78, 5) is 13.3. The monoisotopic (exact) mass is 335 g/mol. The predicted octanol–water partition coefficient (Wildman–Crippen LogP) is 3.88. The Morgan fingerprint density at radius 2 is 2.05 bits per heavy atom. The molecule has 2 rings (SSSR count). The van der Waals surface area contributed by atoms with Gasteiger partial charge in [-0.3, -0.25) is 4.79 Å². The minimum absolute atomic E-state index is 0.143. The summed E-state index contributed by atoms with van der Waals surface area (Å²) in [6, 6.07) is 3.58. The van der Waals surface area contributed by atoms with E-state index in [-0.39, 0.29) is 11.7 Å². The summed E-state index contributed by atoms with van der Waals surface area (Å²) >= 11 is 3.27. The van der Waals surface area contributed by atoms with Crippen LogP contribution in [0.5, 0.6) is 0 Å². The highest BCUT2D eigenvalue weighted by Crippen LogP contribution is 2.36. The van der Waals surface area contributed by atoms with Gasteiger partial charge in [0.15, 0.2) is 0 Å². The van der Waals surface area contributed by atoms with E-state index in [1.165, 1.54) is 6.07 Å². The summed E-state index contributed by atoms with van der Waals surface area (Å²) in [5.41, 5.74) is -0.176. The first-order valence-corrected chi connectivity index (χ1v) is 6.72. The van der Waals surface area contributed by atoms with Crippen LogP contribution in [0.1, 0.15) is 18.9 Å². The minimum atomic E-state index is -4.35. The van der Waals surface area contributed by atoms with Crippen molar-refractivity contribution in [3.05, 3.63) is 28.2 Å². The molecular formula is C13H13BrF3NO. The Morgan fingerprint density at radius 3 is 2.63 bits per heavy atom. The number of nitrogens with zero attached hydrogens (tertiary/aromatic N) is 1. The smallest absolute Gasteiger partial charge is 0.369 e. The molecule has 6 heteroatoms. The van der Waals surface area contributed by atoms with E-state index in [1.807, 2.05) is 4.90 Å². The van der Waals surface area contributed by atoms with Crippen LogP contribution >= 0.6 is 15.9 Å². The second kappa shape index (κ2) is 5.15. The lowest BCUT2D eigenvalue weighted by atomic mass is 9.98. The number of benzene rings is 1. The molecule has 0 bridgehead atoms. The summed E-state index contributed by atoms with van der Waals surface area (Å²) in [7, 11) is 0. The average molecular weight is 336 g/mol. The third-order valence-electron chi connectivity index (χ3n) is 3.29. The molecule has 0 amide bonds. The first-order valence-electron chi connectivity index (χ1n) is 5.93. The van der Waals surface area contributed by atoms with Gasteiger partial charge in [-0.1, -0.05) is 6.92 Å². The van der Waals surface area contributed by atoms with E-state index in [1.54, 1.807) is 6.92 Å². The van der Waals surface area contributed by atoms with Gasteiger partial charge in [0.2, 0.25) is 0 Å². The maximum absolute atomic E-state index is 12.7. The number of alkyl halides is 3. The zero-order valence-corrected chi connectivity index (χ0v) is 11.9. The van der Waals surface area contributed by atoms with Gasteiger partial charge in [0.25, 0.3) is 0 Å². The molecule has 1 aliphatic rings. The summed E-state index contributed by atoms with van der Waals surface area (Å²) in [6.07, 6.45) is -3.98. The summed E-state index contributed by atoms with van der Waals surface area (Å²) in [6.45, 7) is 2.72. The highest BCUT2D eigenvalue weighted by Gasteiger charge is 2.32. The van der Waals surface area contributed by atoms with E-state index >= 15 is 0 Å². The van der Waals surface area contributed by atoms with Gasteiger partial charge in [-0.15, -0.1) is 0 Å². The van der Waals surface area contributed by atoms with Crippen molar-refractivity contribution in [2.24, 2.45) is 5.92 Å². The fraction of sp³-hybridized carbons (Fsp3) is 0.462. The molecule has 0 aromatic heterocycles. The molecule has 1 fully saturated rings. The van der Waals surface area contributed by atoms with Crippen LogP contribution in [0.25, 0.3) is 0 Å². The molecule has 19 heavy (non-hydrogen) atoms. The van der Waals surface area contributed by atoms with Gasteiger partial charge in [-0.25, -0.2) is 0 Å². The van der Waals surface area contributed by atoms with Crippen molar-refractivity contribution in [1.82, 2.24) is 0 Å². The van der Waals surface area contributed by atoms with Crippen LogP contribution in [0.4, 0.5) is 18.9 Å². The maximum atomic E-state index is 12.7. The normalized spacial score (nSPS) is 20.8. The molecule has 2 nitrogen and oxygen atoms in total. The molecule has 0 spiro atoms. The number of piperidine rings is 1. The van der Waals surface area contributed by atoms with Crippen LogP contribution in [-0.2, 0) is 11.0 Å². The fourth-order valence-corrected chi connectivity index (χ4v) is 2.66. The molecule has 1 atom stereocenters. The van der Waals surface area contributed by atoms with Gasteiger partial charge in [0.05, 0.1) is 11.3 Å². The second-order valence-electron chi connectivity index (χ2n) is 4.73. The SMILES string of the molecule is CC1CN(c2cc(C(F)(F)F)ccc2Br)CCC1=O. The van der Waals surface area contributed by atoms with Crippen molar-refractivity contribution in [1.29, 1.82) is 0 Å². The Bertz CT molecular complexity index is 501. The van der Waals surface area contributed by atoms with Gasteiger partial charge in [0.1, 0.15) is 5.78 Å². The van der Waals surface area contributed by atoms with Crippen LogP contribution < -0.4 is 4.90 Å². The number of carbonyl (C=O) groups excluding carboxylic acids is 1. The Balaban J connectivity index is 2.31. The quantitative estimate of drug-likeness (QED) is 0.776. The minimum Gasteiger partial charge on any atom is -0.369 e. The van der Waals surface area contributed by atoms with Crippen molar-refractivity contribution in [2.75, 3.05) is 18.0 Å². The van der Waals surface area contributed by atoms with Crippen LogP contribution in [0, 0.1) is 5.92 Å². The topological polar surface area (TPSA) is 20.3 Å². The van der Waals surface area contributed by atoms with Gasteiger partial charge in [0, 0.05) is 29.9 Å². The van der Waals surface area contributed by atoms with E-state index in [9.17, 15) is 18.0 Å². The Labute approximate surface area is 117 Å². The predicted molar refractivity (Wildman–Crippen MR) is 70.1 cm³/mol. The zero-order chi connectivity index (χ0) is 14.2. The number of hydrogen-bond donors (Lipinski definition) is 0. The largest absolute Gasteiger partial charge is 0.416 e. The number of anilines is 1. The number of carbonyl (C=O) groups is 1. The van der Waals surface area contributed by atoms with Crippen molar-refractivity contribution < 1.29 is 18.0 Å². The van der Waals surface area contributed by atoms with Crippen molar-refractivity contribution in [3.63, 3.8) is 0 Å².